The molecule has 1 unspecified atom stereocenters. The predicted molar refractivity (Wildman–Crippen MR) is 39.5 cm³/mol. The van der Waals surface area contributed by atoms with Crippen molar-refractivity contribution in [1.29, 1.82) is 0 Å². The van der Waals surface area contributed by atoms with E-state index in [1.165, 1.54) is 0 Å². The van der Waals surface area contributed by atoms with Gasteiger partial charge in [-0.25, -0.2) is 0 Å². The van der Waals surface area contributed by atoms with Gasteiger partial charge in [0.2, 0.25) is 0 Å². The lowest BCUT2D eigenvalue weighted by Gasteiger charge is -2.17. The summed E-state index contributed by atoms with van der Waals surface area (Å²) in [5.74, 6) is 2.38. The van der Waals surface area contributed by atoms with Crippen LogP contribution >= 0.6 is 0 Å². The first-order chi connectivity index (χ1) is 4.18. The van der Waals surface area contributed by atoms with E-state index >= 15 is 0 Å². The molecule has 0 aromatic carbocycles. The third-order valence-corrected chi connectivity index (χ3v) is 1.57. The van der Waals surface area contributed by atoms with Crippen LogP contribution in [0.2, 0.25) is 0 Å². The minimum Gasteiger partial charge on any atom is -0.307 e. The summed E-state index contributed by atoms with van der Waals surface area (Å²) in [6, 6.07) is 0.572. The number of hydrogen-bond donors (Lipinski definition) is 0. The summed E-state index contributed by atoms with van der Waals surface area (Å²) < 4.78 is 0. The minimum absolute atomic E-state index is 0.572. The average Bonchev–Trinajstić information content (AvgIpc) is 1.82. The maximum Gasteiger partial charge on any atom is 0.0114 e. The summed E-state index contributed by atoms with van der Waals surface area (Å²) in [6.45, 7) is 2.15. The summed E-state index contributed by atoms with van der Waals surface area (Å²) in [4.78, 5) is 2.15. The molecule has 0 saturated heterocycles. The Bertz CT molecular complexity index is 99.6. The zero-order chi connectivity index (χ0) is 7.28. The van der Waals surface area contributed by atoms with Crippen LogP contribution in [0.5, 0.6) is 0 Å². The Morgan fingerprint density at radius 2 is 2.11 bits per heavy atom. The van der Waals surface area contributed by atoms with E-state index in [9.17, 15) is 0 Å². The highest BCUT2D eigenvalue weighted by Gasteiger charge is 2.00. The first-order valence-corrected chi connectivity index (χ1v) is 3.24. The van der Waals surface area contributed by atoms with Crippen LogP contribution < -0.4 is 0 Å². The Hall–Kier alpha value is -0.480. The standard InChI is InChI=1S/C8H14N/c1-5-6-7-8(2)9(3)4/h8H,6-7H2,2-4H3. The van der Waals surface area contributed by atoms with Gasteiger partial charge in [-0.2, -0.15) is 0 Å². The Morgan fingerprint density at radius 1 is 1.56 bits per heavy atom. The Labute approximate surface area is 58.1 Å². The van der Waals surface area contributed by atoms with Crippen LogP contribution in [0.15, 0.2) is 0 Å². The maximum atomic E-state index is 6.67. The highest BCUT2D eigenvalue weighted by Crippen LogP contribution is 1.99. The van der Waals surface area contributed by atoms with Gasteiger partial charge in [0.25, 0.3) is 0 Å². The first-order valence-electron chi connectivity index (χ1n) is 3.24. The van der Waals surface area contributed by atoms with Crippen LogP contribution in [-0.2, 0) is 0 Å². The fourth-order valence-corrected chi connectivity index (χ4v) is 0.539. The molecule has 1 nitrogen and oxygen atoms in total. The largest absolute Gasteiger partial charge is 0.307 e. The number of nitrogens with zero attached hydrogens (tertiary/aromatic N) is 1. The van der Waals surface area contributed by atoms with Crippen molar-refractivity contribution >= 4 is 0 Å². The second-order valence-electron chi connectivity index (χ2n) is 2.53. The summed E-state index contributed by atoms with van der Waals surface area (Å²) in [7, 11) is 4.10. The number of rotatable bonds is 3. The topological polar surface area (TPSA) is 3.24 Å². The lowest BCUT2D eigenvalue weighted by molar-refractivity contribution is 0.301. The second kappa shape index (κ2) is 4.40. The summed E-state index contributed by atoms with van der Waals surface area (Å²) in [6.07, 6.45) is 8.48. The molecular weight excluding hydrogens is 110 g/mol. The quantitative estimate of drug-likeness (QED) is 0.513. The second-order valence-corrected chi connectivity index (χ2v) is 2.53. The molecule has 0 aliphatic carbocycles. The molecule has 0 fully saturated rings. The van der Waals surface area contributed by atoms with Gasteiger partial charge in [-0.05, 0) is 33.9 Å². The van der Waals surface area contributed by atoms with Gasteiger partial charge < -0.3 is 4.90 Å². The van der Waals surface area contributed by atoms with Crippen LogP contribution in [0.3, 0.4) is 0 Å². The van der Waals surface area contributed by atoms with Crippen LogP contribution in [0.4, 0.5) is 0 Å². The van der Waals surface area contributed by atoms with E-state index in [0.717, 1.165) is 12.8 Å². The SMILES string of the molecule is [C]#CCCC(C)N(C)C. The average molecular weight is 124 g/mol. The molecule has 0 rings (SSSR count). The van der Waals surface area contributed by atoms with Crippen molar-refractivity contribution in [2.45, 2.75) is 25.8 Å². The molecule has 1 atom stereocenters. The summed E-state index contributed by atoms with van der Waals surface area (Å²) >= 11 is 0. The molecular formula is C8H14N. The van der Waals surface area contributed by atoms with Crippen molar-refractivity contribution in [2.24, 2.45) is 0 Å². The van der Waals surface area contributed by atoms with Crippen LogP contribution in [0, 0.1) is 12.3 Å². The molecule has 1 heteroatoms. The molecule has 1 radical (unpaired) electrons. The molecule has 0 heterocycles. The van der Waals surface area contributed by atoms with Gasteiger partial charge in [0.1, 0.15) is 0 Å². The highest BCUT2D eigenvalue weighted by molar-refractivity contribution is 4.77. The van der Waals surface area contributed by atoms with Gasteiger partial charge in [0, 0.05) is 12.5 Å². The molecule has 0 amide bonds. The van der Waals surface area contributed by atoms with E-state index < -0.39 is 0 Å². The molecule has 0 saturated carbocycles. The lowest BCUT2D eigenvalue weighted by atomic mass is 10.2. The normalized spacial score (nSPS) is 13.2. The van der Waals surface area contributed by atoms with E-state index in [1.54, 1.807) is 0 Å². The third-order valence-electron chi connectivity index (χ3n) is 1.57. The van der Waals surface area contributed by atoms with Crippen LogP contribution in [0.25, 0.3) is 0 Å². The van der Waals surface area contributed by atoms with Crippen molar-refractivity contribution in [3.05, 3.63) is 6.42 Å². The minimum atomic E-state index is 0.572. The van der Waals surface area contributed by atoms with E-state index in [2.05, 4.69) is 31.8 Å². The van der Waals surface area contributed by atoms with Gasteiger partial charge in [-0.3, -0.25) is 0 Å². The molecule has 9 heavy (non-hydrogen) atoms. The van der Waals surface area contributed by atoms with E-state index in [0.29, 0.717) is 6.04 Å². The van der Waals surface area contributed by atoms with Gasteiger partial charge in [0.05, 0.1) is 0 Å². The zero-order valence-corrected chi connectivity index (χ0v) is 6.44. The van der Waals surface area contributed by atoms with Crippen molar-refractivity contribution in [3.8, 4) is 5.92 Å². The zero-order valence-electron chi connectivity index (χ0n) is 6.44. The summed E-state index contributed by atoms with van der Waals surface area (Å²) in [5, 5.41) is 0. The fraction of sp³-hybridized carbons (Fsp3) is 0.750. The van der Waals surface area contributed by atoms with Gasteiger partial charge in [0.15, 0.2) is 0 Å². The Morgan fingerprint density at radius 3 is 2.44 bits per heavy atom. The maximum absolute atomic E-state index is 6.67. The number of hydrogen-bond acceptors (Lipinski definition) is 1. The summed E-state index contributed by atoms with van der Waals surface area (Å²) in [5.41, 5.74) is 0. The molecule has 0 N–H and O–H groups in total. The van der Waals surface area contributed by atoms with Crippen LogP contribution in [0.1, 0.15) is 19.8 Å². The molecule has 0 spiro atoms. The van der Waals surface area contributed by atoms with Crippen molar-refractivity contribution in [2.75, 3.05) is 14.1 Å². The van der Waals surface area contributed by atoms with E-state index in [1.807, 2.05) is 0 Å². The predicted octanol–water partition coefficient (Wildman–Crippen LogP) is 1.31. The molecule has 0 aliphatic rings. The Kier molecular flexibility index (Phi) is 4.17. The molecule has 0 aliphatic heterocycles. The first kappa shape index (κ1) is 8.52. The van der Waals surface area contributed by atoms with Crippen molar-refractivity contribution in [1.82, 2.24) is 4.90 Å². The molecule has 0 aromatic heterocycles. The van der Waals surface area contributed by atoms with Crippen molar-refractivity contribution < 1.29 is 0 Å². The smallest absolute Gasteiger partial charge is 0.0114 e. The molecule has 0 aromatic rings. The lowest BCUT2D eigenvalue weighted by Crippen LogP contribution is -2.23. The van der Waals surface area contributed by atoms with Gasteiger partial charge >= 0.3 is 0 Å². The van der Waals surface area contributed by atoms with E-state index in [-0.39, 0.29) is 0 Å². The highest BCUT2D eigenvalue weighted by atomic mass is 15.1. The fourth-order valence-electron chi connectivity index (χ4n) is 0.539. The van der Waals surface area contributed by atoms with Gasteiger partial charge in [-0.15, -0.1) is 0 Å². The Balaban J connectivity index is 3.29. The van der Waals surface area contributed by atoms with Crippen molar-refractivity contribution in [3.63, 3.8) is 0 Å². The van der Waals surface area contributed by atoms with Gasteiger partial charge in [-0.1, -0.05) is 5.92 Å². The molecule has 0 bridgehead atoms. The third kappa shape index (κ3) is 4.05. The van der Waals surface area contributed by atoms with E-state index in [4.69, 9.17) is 6.42 Å². The van der Waals surface area contributed by atoms with Crippen LogP contribution in [-0.4, -0.2) is 25.0 Å². The monoisotopic (exact) mass is 124 g/mol. The molecule has 51 valence electrons.